The van der Waals surface area contributed by atoms with Crippen LogP contribution in [-0.2, 0) is 13.0 Å². The average Bonchev–Trinajstić information content (AvgIpc) is 2.55. The van der Waals surface area contributed by atoms with E-state index in [4.69, 9.17) is 0 Å². The number of hydrogen-bond donors (Lipinski definition) is 2. The van der Waals surface area contributed by atoms with E-state index in [2.05, 4.69) is 15.6 Å². The van der Waals surface area contributed by atoms with Gasteiger partial charge in [-0.25, -0.2) is 13.2 Å². The third kappa shape index (κ3) is 5.02. The Morgan fingerprint density at radius 3 is 2.43 bits per heavy atom. The maximum absolute atomic E-state index is 13.5. The number of aliphatic imine (C=N–C) groups is 1. The van der Waals surface area contributed by atoms with Gasteiger partial charge in [0, 0.05) is 25.7 Å². The highest BCUT2D eigenvalue weighted by atomic mass is 19.1. The molecule has 0 aromatic heterocycles. The van der Waals surface area contributed by atoms with Gasteiger partial charge in [-0.05, 0) is 36.2 Å². The van der Waals surface area contributed by atoms with Gasteiger partial charge in [-0.1, -0.05) is 18.2 Å². The van der Waals surface area contributed by atoms with Crippen LogP contribution in [0.25, 0.3) is 0 Å². The molecule has 0 saturated heterocycles. The van der Waals surface area contributed by atoms with Gasteiger partial charge in [-0.2, -0.15) is 0 Å². The SMILES string of the molecule is CN=C(NCCc1cc(F)ccc1F)NCc1ccccc1F. The lowest BCUT2D eigenvalue weighted by molar-refractivity contribution is 0.582. The maximum atomic E-state index is 13.5. The second-order valence-corrected chi connectivity index (χ2v) is 4.93. The highest BCUT2D eigenvalue weighted by Gasteiger charge is 2.05. The number of nitrogens with zero attached hydrogens (tertiary/aromatic N) is 1. The Morgan fingerprint density at radius 1 is 0.957 bits per heavy atom. The Morgan fingerprint density at radius 2 is 1.70 bits per heavy atom. The summed E-state index contributed by atoms with van der Waals surface area (Å²) in [7, 11) is 1.58. The molecule has 122 valence electrons. The Balaban J connectivity index is 1.84. The van der Waals surface area contributed by atoms with Gasteiger partial charge in [0.15, 0.2) is 5.96 Å². The maximum Gasteiger partial charge on any atom is 0.191 e. The second kappa shape index (κ2) is 8.22. The van der Waals surface area contributed by atoms with Gasteiger partial charge in [-0.3, -0.25) is 4.99 Å². The molecule has 3 nitrogen and oxygen atoms in total. The Labute approximate surface area is 133 Å². The minimum Gasteiger partial charge on any atom is -0.356 e. The minimum atomic E-state index is -0.469. The first-order valence-corrected chi connectivity index (χ1v) is 7.22. The summed E-state index contributed by atoms with van der Waals surface area (Å²) in [6.07, 6.45) is 0.310. The normalized spacial score (nSPS) is 11.4. The topological polar surface area (TPSA) is 36.4 Å². The third-order valence-corrected chi connectivity index (χ3v) is 3.32. The average molecular weight is 321 g/mol. The smallest absolute Gasteiger partial charge is 0.191 e. The van der Waals surface area contributed by atoms with Gasteiger partial charge >= 0.3 is 0 Å². The lowest BCUT2D eigenvalue weighted by Crippen LogP contribution is -2.38. The zero-order valence-electron chi connectivity index (χ0n) is 12.7. The minimum absolute atomic E-state index is 0.278. The fourth-order valence-corrected chi connectivity index (χ4v) is 2.09. The molecule has 0 aliphatic heterocycles. The van der Waals surface area contributed by atoms with Gasteiger partial charge < -0.3 is 10.6 Å². The van der Waals surface area contributed by atoms with Crippen LogP contribution in [0.15, 0.2) is 47.5 Å². The molecule has 2 aromatic rings. The summed E-state index contributed by atoms with van der Waals surface area (Å²) in [5, 5.41) is 5.95. The fourth-order valence-electron chi connectivity index (χ4n) is 2.09. The van der Waals surface area contributed by atoms with Crippen LogP contribution in [0.5, 0.6) is 0 Å². The molecule has 0 unspecified atom stereocenters. The summed E-state index contributed by atoms with van der Waals surface area (Å²) in [6, 6.07) is 9.81. The van der Waals surface area contributed by atoms with E-state index in [0.717, 1.165) is 12.1 Å². The summed E-state index contributed by atoms with van der Waals surface area (Å²) in [4.78, 5) is 4.01. The van der Waals surface area contributed by atoms with E-state index in [1.54, 1.807) is 25.2 Å². The van der Waals surface area contributed by atoms with Crippen LogP contribution in [0.4, 0.5) is 13.2 Å². The van der Waals surface area contributed by atoms with Crippen LogP contribution >= 0.6 is 0 Å². The van der Waals surface area contributed by atoms with Crippen molar-refractivity contribution < 1.29 is 13.2 Å². The molecule has 0 spiro atoms. The van der Waals surface area contributed by atoms with Crippen LogP contribution in [0, 0.1) is 17.5 Å². The Kier molecular flexibility index (Phi) is 6.02. The number of hydrogen-bond acceptors (Lipinski definition) is 1. The lowest BCUT2D eigenvalue weighted by atomic mass is 10.1. The van der Waals surface area contributed by atoms with Gasteiger partial charge in [0.1, 0.15) is 17.5 Å². The number of nitrogens with one attached hydrogen (secondary N) is 2. The molecule has 0 fully saturated rings. The molecule has 0 radical (unpaired) electrons. The summed E-state index contributed by atoms with van der Waals surface area (Å²) in [5.41, 5.74) is 0.814. The van der Waals surface area contributed by atoms with E-state index >= 15 is 0 Å². The predicted molar refractivity (Wildman–Crippen MR) is 84.7 cm³/mol. The van der Waals surface area contributed by atoms with Crippen molar-refractivity contribution in [2.24, 2.45) is 4.99 Å². The summed E-state index contributed by atoms with van der Waals surface area (Å²) in [5.74, 6) is -0.742. The van der Waals surface area contributed by atoms with Crippen molar-refractivity contribution in [3.05, 3.63) is 71.0 Å². The molecule has 0 amide bonds. The van der Waals surface area contributed by atoms with Crippen LogP contribution in [-0.4, -0.2) is 19.6 Å². The second-order valence-electron chi connectivity index (χ2n) is 4.93. The molecule has 23 heavy (non-hydrogen) atoms. The molecule has 0 heterocycles. The molecular formula is C17H18F3N3. The van der Waals surface area contributed by atoms with Crippen molar-refractivity contribution in [3.8, 4) is 0 Å². The number of rotatable bonds is 5. The first-order chi connectivity index (χ1) is 11.1. The molecule has 6 heteroatoms. The van der Waals surface area contributed by atoms with E-state index in [1.807, 2.05) is 0 Å². The summed E-state index contributed by atoms with van der Waals surface area (Å²) in [6.45, 7) is 0.651. The zero-order chi connectivity index (χ0) is 16.7. The lowest BCUT2D eigenvalue weighted by Gasteiger charge is -2.12. The summed E-state index contributed by atoms with van der Waals surface area (Å²) >= 11 is 0. The van der Waals surface area contributed by atoms with Gasteiger partial charge in [-0.15, -0.1) is 0 Å². The monoisotopic (exact) mass is 321 g/mol. The molecule has 0 saturated carbocycles. The van der Waals surface area contributed by atoms with Crippen molar-refractivity contribution in [1.29, 1.82) is 0 Å². The van der Waals surface area contributed by atoms with Crippen molar-refractivity contribution in [2.75, 3.05) is 13.6 Å². The van der Waals surface area contributed by atoms with Crippen LogP contribution in [0.3, 0.4) is 0 Å². The van der Waals surface area contributed by atoms with Gasteiger partial charge in [0.25, 0.3) is 0 Å². The van der Waals surface area contributed by atoms with Crippen LogP contribution in [0.1, 0.15) is 11.1 Å². The van der Waals surface area contributed by atoms with Crippen molar-refractivity contribution in [1.82, 2.24) is 10.6 Å². The van der Waals surface area contributed by atoms with Crippen molar-refractivity contribution >= 4 is 5.96 Å². The highest BCUT2D eigenvalue weighted by molar-refractivity contribution is 5.79. The molecule has 0 aliphatic rings. The largest absolute Gasteiger partial charge is 0.356 e. The van der Waals surface area contributed by atoms with Crippen LogP contribution in [0.2, 0.25) is 0 Å². The number of guanidine groups is 1. The molecule has 2 rings (SSSR count). The van der Waals surface area contributed by atoms with E-state index in [-0.39, 0.29) is 12.4 Å². The van der Waals surface area contributed by atoms with E-state index in [1.165, 1.54) is 12.1 Å². The summed E-state index contributed by atoms with van der Waals surface area (Å²) < 4.78 is 40.1. The van der Waals surface area contributed by atoms with Gasteiger partial charge in [0.05, 0.1) is 0 Å². The molecule has 0 atom stereocenters. The van der Waals surface area contributed by atoms with E-state index in [9.17, 15) is 13.2 Å². The van der Waals surface area contributed by atoms with Crippen molar-refractivity contribution in [2.45, 2.75) is 13.0 Å². The third-order valence-electron chi connectivity index (χ3n) is 3.32. The van der Waals surface area contributed by atoms with Crippen molar-refractivity contribution in [3.63, 3.8) is 0 Å². The van der Waals surface area contributed by atoms with Crippen LogP contribution < -0.4 is 10.6 Å². The fraction of sp³-hybridized carbons (Fsp3) is 0.235. The first-order valence-electron chi connectivity index (χ1n) is 7.22. The molecular weight excluding hydrogens is 303 g/mol. The Bertz CT molecular complexity index is 687. The molecule has 2 aromatic carbocycles. The molecule has 2 N–H and O–H groups in total. The molecule has 0 aliphatic carbocycles. The zero-order valence-corrected chi connectivity index (χ0v) is 12.7. The molecule has 0 bridgehead atoms. The van der Waals surface area contributed by atoms with E-state index in [0.29, 0.717) is 30.1 Å². The number of halogens is 3. The quantitative estimate of drug-likeness (QED) is 0.656. The number of benzene rings is 2. The first kappa shape index (κ1) is 16.9. The standard InChI is InChI=1S/C17H18F3N3/c1-21-17(23-11-13-4-2-3-5-15(13)19)22-9-8-12-10-14(18)6-7-16(12)20/h2-7,10H,8-9,11H2,1H3,(H2,21,22,23). The van der Waals surface area contributed by atoms with Gasteiger partial charge in [0.2, 0.25) is 0 Å². The Hall–Kier alpha value is -2.50. The highest BCUT2D eigenvalue weighted by Crippen LogP contribution is 2.09. The predicted octanol–water partition coefficient (Wildman–Crippen LogP) is 3.01. The van der Waals surface area contributed by atoms with E-state index < -0.39 is 11.6 Å².